The van der Waals surface area contributed by atoms with Gasteiger partial charge in [0, 0.05) is 5.41 Å². The summed E-state index contributed by atoms with van der Waals surface area (Å²) in [5, 5.41) is 0. The molecular formula is C12H18O. The number of aldehydes is 1. The second-order valence-electron chi connectivity index (χ2n) is 4.75. The van der Waals surface area contributed by atoms with Crippen molar-refractivity contribution in [3.8, 4) is 0 Å². The molecule has 1 fully saturated rings. The molecular weight excluding hydrogens is 160 g/mol. The molecule has 2 rings (SSSR count). The van der Waals surface area contributed by atoms with Crippen LogP contribution in [-0.4, -0.2) is 6.29 Å². The molecule has 0 aromatic heterocycles. The molecule has 2 aliphatic carbocycles. The molecule has 0 bridgehead atoms. The first kappa shape index (κ1) is 8.98. The lowest BCUT2D eigenvalue weighted by atomic mass is 9.61. The minimum atomic E-state index is 0.0394. The zero-order valence-corrected chi connectivity index (χ0v) is 8.38. The van der Waals surface area contributed by atoms with E-state index in [9.17, 15) is 4.79 Å². The van der Waals surface area contributed by atoms with Crippen molar-refractivity contribution in [3.63, 3.8) is 0 Å². The third-order valence-electron chi connectivity index (χ3n) is 3.89. The van der Waals surface area contributed by atoms with Crippen LogP contribution in [0.4, 0.5) is 0 Å². The van der Waals surface area contributed by atoms with Gasteiger partial charge in [0.1, 0.15) is 6.29 Å². The molecule has 1 saturated carbocycles. The molecule has 0 heterocycles. The fourth-order valence-electron chi connectivity index (χ4n) is 2.95. The Kier molecular flexibility index (Phi) is 2.27. The summed E-state index contributed by atoms with van der Waals surface area (Å²) >= 11 is 0. The lowest BCUT2D eigenvalue weighted by molar-refractivity contribution is -0.121. The second kappa shape index (κ2) is 3.28. The second-order valence-corrected chi connectivity index (χ2v) is 4.75. The van der Waals surface area contributed by atoms with Crippen molar-refractivity contribution >= 4 is 6.29 Å². The van der Waals surface area contributed by atoms with Crippen LogP contribution in [-0.2, 0) is 4.79 Å². The number of carbonyl (C=O) groups excluding carboxylic acids is 1. The normalized spacial score (nSPS) is 39.2. The van der Waals surface area contributed by atoms with Gasteiger partial charge in [-0.15, -0.1) is 0 Å². The predicted octanol–water partition coefficient (Wildman–Crippen LogP) is 3.10. The van der Waals surface area contributed by atoms with Crippen LogP contribution < -0.4 is 0 Å². The highest BCUT2D eigenvalue weighted by Crippen LogP contribution is 2.48. The third kappa shape index (κ3) is 1.45. The highest BCUT2D eigenvalue weighted by atomic mass is 16.1. The molecule has 0 aromatic rings. The molecule has 2 aliphatic rings. The summed E-state index contributed by atoms with van der Waals surface area (Å²) in [5.74, 6) is 0.656. The van der Waals surface area contributed by atoms with E-state index < -0.39 is 0 Å². The fraction of sp³-hybridized carbons (Fsp3) is 0.750. The zero-order valence-electron chi connectivity index (χ0n) is 8.38. The van der Waals surface area contributed by atoms with E-state index in [0.29, 0.717) is 5.92 Å². The minimum Gasteiger partial charge on any atom is -0.303 e. The lowest BCUT2D eigenvalue weighted by Gasteiger charge is -2.42. The fourth-order valence-corrected chi connectivity index (χ4v) is 2.95. The topological polar surface area (TPSA) is 17.1 Å². The molecule has 0 amide bonds. The number of hydrogen-bond acceptors (Lipinski definition) is 1. The molecule has 0 radical (unpaired) electrons. The summed E-state index contributed by atoms with van der Waals surface area (Å²) < 4.78 is 0. The monoisotopic (exact) mass is 178 g/mol. The van der Waals surface area contributed by atoms with Crippen molar-refractivity contribution in [3.05, 3.63) is 11.6 Å². The van der Waals surface area contributed by atoms with Gasteiger partial charge in [0.15, 0.2) is 0 Å². The van der Waals surface area contributed by atoms with Gasteiger partial charge in [-0.1, -0.05) is 24.5 Å². The first-order valence-corrected chi connectivity index (χ1v) is 5.39. The largest absolute Gasteiger partial charge is 0.303 e. The Labute approximate surface area is 80.2 Å². The van der Waals surface area contributed by atoms with Gasteiger partial charge < -0.3 is 4.79 Å². The molecule has 2 atom stereocenters. The molecule has 0 N–H and O–H groups in total. The molecule has 0 unspecified atom stereocenters. The molecule has 13 heavy (non-hydrogen) atoms. The maximum absolute atomic E-state index is 11.2. The first-order valence-electron chi connectivity index (χ1n) is 5.39. The van der Waals surface area contributed by atoms with Gasteiger partial charge in [0.2, 0.25) is 0 Å². The van der Waals surface area contributed by atoms with Crippen LogP contribution in [0.5, 0.6) is 0 Å². The van der Waals surface area contributed by atoms with E-state index in [2.05, 4.69) is 13.0 Å². The Hall–Kier alpha value is -0.590. The number of carbonyl (C=O) groups is 1. The average molecular weight is 178 g/mol. The van der Waals surface area contributed by atoms with Crippen LogP contribution in [0.15, 0.2) is 11.6 Å². The molecule has 1 heteroatoms. The molecule has 1 nitrogen and oxygen atoms in total. The van der Waals surface area contributed by atoms with Crippen LogP contribution in [0.2, 0.25) is 0 Å². The predicted molar refractivity (Wildman–Crippen MR) is 53.4 cm³/mol. The average Bonchev–Trinajstić information content (AvgIpc) is 2.18. The Morgan fingerprint density at radius 3 is 3.15 bits per heavy atom. The standard InChI is InChI=1S/C12H18O/c1-10-5-7-12(9-13)6-3-2-4-11(12)8-10/h5,9,11H,2-4,6-8H2,1H3/t11-,12+/m0/s1. The third-order valence-corrected chi connectivity index (χ3v) is 3.89. The van der Waals surface area contributed by atoms with Gasteiger partial charge in [0.05, 0.1) is 0 Å². The van der Waals surface area contributed by atoms with Gasteiger partial charge in [-0.05, 0) is 38.5 Å². The Bertz CT molecular complexity index is 242. The van der Waals surface area contributed by atoms with Crippen molar-refractivity contribution in [1.29, 1.82) is 0 Å². The van der Waals surface area contributed by atoms with Crippen molar-refractivity contribution < 1.29 is 4.79 Å². The van der Waals surface area contributed by atoms with Crippen molar-refractivity contribution in [2.45, 2.75) is 45.4 Å². The summed E-state index contributed by atoms with van der Waals surface area (Å²) in [6.45, 7) is 2.20. The highest BCUT2D eigenvalue weighted by molar-refractivity contribution is 5.61. The SMILES string of the molecule is CC1=CC[C@@]2(C=O)CCCC[C@H]2C1. The summed E-state index contributed by atoms with van der Waals surface area (Å²) in [5.41, 5.74) is 1.53. The van der Waals surface area contributed by atoms with Crippen molar-refractivity contribution in [1.82, 2.24) is 0 Å². The first-order chi connectivity index (χ1) is 6.27. The van der Waals surface area contributed by atoms with Crippen molar-refractivity contribution in [2.24, 2.45) is 11.3 Å². The maximum Gasteiger partial charge on any atom is 0.126 e. The quantitative estimate of drug-likeness (QED) is 0.445. The van der Waals surface area contributed by atoms with E-state index in [1.807, 2.05) is 0 Å². The molecule has 0 aliphatic heterocycles. The Morgan fingerprint density at radius 1 is 1.54 bits per heavy atom. The van der Waals surface area contributed by atoms with E-state index in [1.54, 1.807) is 0 Å². The van der Waals surface area contributed by atoms with Crippen LogP contribution in [0.1, 0.15) is 45.4 Å². The van der Waals surface area contributed by atoms with Crippen LogP contribution >= 0.6 is 0 Å². The van der Waals surface area contributed by atoms with Gasteiger partial charge in [0.25, 0.3) is 0 Å². The van der Waals surface area contributed by atoms with Crippen LogP contribution in [0, 0.1) is 11.3 Å². The van der Waals surface area contributed by atoms with Crippen LogP contribution in [0.3, 0.4) is 0 Å². The smallest absolute Gasteiger partial charge is 0.126 e. The molecule has 72 valence electrons. The number of allylic oxidation sites excluding steroid dienone is 2. The van der Waals surface area contributed by atoms with Gasteiger partial charge >= 0.3 is 0 Å². The van der Waals surface area contributed by atoms with E-state index in [-0.39, 0.29) is 5.41 Å². The summed E-state index contributed by atoms with van der Waals surface area (Å²) in [4.78, 5) is 11.2. The summed E-state index contributed by atoms with van der Waals surface area (Å²) in [6, 6.07) is 0. The number of hydrogen-bond donors (Lipinski definition) is 0. The van der Waals surface area contributed by atoms with Crippen LogP contribution in [0.25, 0.3) is 0 Å². The number of fused-ring (bicyclic) bond motifs is 1. The number of rotatable bonds is 1. The maximum atomic E-state index is 11.2. The summed E-state index contributed by atoms with van der Waals surface area (Å²) in [6.07, 6.45) is 10.7. The van der Waals surface area contributed by atoms with Crippen molar-refractivity contribution in [2.75, 3.05) is 0 Å². The van der Waals surface area contributed by atoms with Gasteiger partial charge in [-0.2, -0.15) is 0 Å². The van der Waals surface area contributed by atoms with E-state index in [1.165, 1.54) is 37.5 Å². The Balaban J connectivity index is 2.24. The van der Waals surface area contributed by atoms with Gasteiger partial charge in [-0.3, -0.25) is 0 Å². The summed E-state index contributed by atoms with van der Waals surface area (Å²) in [7, 11) is 0. The van der Waals surface area contributed by atoms with E-state index in [4.69, 9.17) is 0 Å². The van der Waals surface area contributed by atoms with E-state index in [0.717, 1.165) is 12.8 Å². The zero-order chi connectivity index (χ0) is 9.31. The molecule has 0 aromatic carbocycles. The highest BCUT2D eigenvalue weighted by Gasteiger charge is 2.41. The Morgan fingerprint density at radius 2 is 2.38 bits per heavy atom. The lowest BCUT2D eigenvalue weighted by Crippen LogP contribution is -2.37. The molecule has 0 saturated heterocycles. The minimum absolute atomic E-state index is 0.0394. The van der Waals surface area contributed by atoms with E-state index >= 15 is 0 Å². The molecule has 0 spiro atoms. The van der Waals surface area contributed by atoms with Gasteiger partial charge in [-0.25, -0.2) is 0 Å².